The van der Waals surface area contributed by atoms with E-state index in [9.17, 15) is 4.39 Å². The standard InChI is InChI=1S/C10H14FIN2O/c1-2-14(3-4-15)10-5-7(11)8(12)6-9(10)13/h5-6,15H,2-4,13H2,1H3. The number of aliphatic hydroxyl groups excluding tert-OH is 1. The lowest BCUT2D eigenvalue weighted by Gasteiger charge is -2.23. The summed E-state index contributed by atoms with van der Waals surface area (Å²) in [6.07, 6.45) is 0. The Kier molecular flexibility index (Phi) is 4.59. The largest absolute Gasteiger partial charge is 0.397 e. The Balaban J connectivity index is 3.06. The number of hydrogen-bond acceptors (Lipinski definition) is 3. The van der Waals surface area contributed by atoms with Gasteiger partial charge in [0.2, 0.25) is 0 Å². The van der Waals surface area contributed by atoms with Crippen LogP contribution in [-0.2, 0) is 0 Å². The Morgan fingerprint density at radius 3 is 2.73 bits per heavy atom. The molecule has 84 valence electrons. The van der Waals surface area contributed by atoms with E-state index in [0.29, 0.717) is 28.0 Å². The van der Waals surface area contributed by atoms with Crippen LogP contribution >= 0.6 is 22.6 Å². The molecule has 1 aromatic rings. The van der Waals surface area contributed by atoms with Gasteiger partial charge < -0.3 is 15.7 Å². The highest BCUT2D eigenvalue weighted by atomic mass is 127. The fourth-order valence-corrected chi connectivity index (χ4v) is 1.89. The van der Waals surface area contributed by atoms with E-state index in [2.05, 4.69) is 0 Å². The van der Waals surface area contributed by atoms with E-state index in [0.717, 1.165) is 0 Å². The molecule has 3 N–H and O–H groups in total. The van der Waals surface area contributed by atoms with Crippen molar-refractivity contribution < 1.29 is 9.50 Å². The highest BCUT2D eigenvalue weighted by molar-refractivity contribution is 14.1. The van der Waals surface area contributed by atoms with E-state index >= 15 is 0 Å². The fourth-order valence-electron chi connectivity index (χ4n) is 1.40. The van der Waals surface area contributed by atoms with E-state index in [-0.39, 0.29) is 12.4 Å². The highest BCUT2D eigenvalue weighted by Crippen LogP contribution is 2.27. The maximum Gasteiger partial charge on any atom is 0.138 e. The Morgan fingerprint density at radius 2 is 2.20 bits per heavy atom. The van der Waals surface area contributed by atoms with Crippen molar-refractivity contribution in [1.82, 2.24) is 0 Å². The van der Waals surface area contributed by atoms with Gasteiger partial charge in [0.15, 0.2) is 0 Å². The van der Waals surface area contributed by atoms with Crippen LogP contribution in [0.4, 0.5) is 15.8 Å². The predicted octanol–water partition coefficient (Wildman–Crippen LogP) is 1.83. The topological polar surface area (TPSA) is 49.5 Å². The van der Waals surface area contributed by atoms with Crippen LogP contribution in [0.3, 0.4) is 0 Å². The third kappa shape index (κ3) is 2.94. The van der Waals surface area contributed by atoms with Gasteiger partial charge in [0, 0.05) is 19.2 Å². The molecule has 5 heteroatoms. The SMILES string of the molecule is CCN(CCO)c1cc(F)c(I)cc1N. The zero-order valence-electron chi connectivity index (χ0n) is 8.50. The summed E-state index contributed by atoms with van der Waals surface area (Å²) in [7, 11) is 0. The first-order valence-corrected chi connectivity index (χ1v) is 5.78. The van der Waals surface area contributed by atoms with Crippen molar-refractivity contribution in [3.63, 3.8) is 0 Å². The van der Waals surface area contributed by atoms with Crippen molar-refractivity contribution in [3.8, 4) is 0 Å². The molecule has 0 saturated carbocycles. The van der Waals surface area contributed by atoms with Crippen LogP contribution in [-0.4, -0.2) is 24.8 Å². The molecule has 0 amide bonds. The number of nitrogens with two attached hydrogens (primary N) is 1. The summed E-state index contributed by atoms with van der Waals surface area (Å²) in [6.45, 7) is 3.11. The van der Waals surface area contributed by atoms with Crippen LogP contribution in [0.2, 0.25) is 0 Å². The molecule has 0 aliphatic rings. The average Bonchev–Trinajstić information content (AvgIpc) is 2.20. The zero-order valence-corrected chi connectivity index (χ0v) is 10.7. The smallest absolute Gasteiger partial charge is 0.138 e. The van der Waals surface area contributed by atoms with Gasteiger partial charge in [0.05, 0.1) is 21.6 Å². The van der Waals surface area contributed by atoms with Crippen molar-refractivity contribution in [2.45, 2.75) is 6.92 Å². The molecule has 0 saturated heterocycles. The van der Waals surface area contributed by atoms with Gasteiger partial charge in [0.25, 0.3) is 0 Å². The first-order valence-electron chi connectivity index (χ1n) is 4.70. The molecule has 0 atom stereocenters. The summed E-state index contributed by atoms with van der Waals surface area (Å²) in [5.41, 5.74) is 6.98. The molecule has 1 rings (SSSR count). The quantitative estimate of drug-likeness (QED) is 0.656. The molecule has 0 fully saturated rings. The van der Waals surface area contributed by atoms with Crippen LogP contribution in [0, 0.1) is 9.39 Å². The number of benzene rings is 1. The fraction of sp³-hybridized carbons (Fsp3) is 0.400. The second kappa shape index (κ2) is 5.50. The maximum absolute atomic E-state index is 13.3. The Morgan fingerprint density at radius 1 is 1.53 bits per heavy atom. The number of aliphatic hydroxyl groups is 1. The Bertz CT molecular complexity index is 346. The molecule has 0 bridgehead atoms. The minimum atomic E-state index is -0.281. The van der Waals surface area contributed by atoms with E-state index in [1.165, 1.54) is 6.07 Å². The normalized spacial score (nSPS) is 10.4. The van der Waals surface area contributed by atoms with Gasteiger partial charge in [0.1, 0.15) is 5.82 Å². The number of likely N-dealkylation sites (N-methyl/N-ethyl adjacent to an activating group) is 1. The maximum atomic E-state index is 13.3. The minimum absolute atomic E-state index is 0.0287. The molecule has 15 heavy (non-hydrogen) atoms. The molecule has 0 spiro atoms. The summed E-state index contributed by atoms with van der Waals surface area (Å²) < 4.78 is 13.9. The first kappa shape index (κ1) is 12.5. The summed E-state index contributed by atoms with van der Waals surface area (Å²) in [4.78, 5) is 1.84. The first-order chi connectivity index (χ1) is 7.10. The van der Waals surface area contributed by atoms with Crippen LogP contribution in [0.15, 0.2) is 12.1 Å². The van der Waals surface area contributed by atoms with Crippen LogP contribution in [0.1, 0.15) is 6.92 Å². The van der Waals surface area contributed by atoms with Gasteiger partial charge >= 0.3 is 0 Å². The molecule has 0 unspecified atom stereocenters. The molecule has 1 aromatic carbocycles. The van der Waals surface area contributed by atoms with Crippen molar-refractivity contribution in [1.29, 1.82) is 0 Å². The lowest BCUT2D eigenvalue weighted by molar-refractivity contribution is 0.302. The number of nitrogens with zero attached hydrogens (tertiary/aromatic N) is 1. The molecule has 0 aromatic heterocycles. The van der Waals surface area contributed by atoms with Gasteiger partial charge in [-0.25, -0.2) is 4.39 Å². The van der Waals surface area contributed by atoms with Gasteiger partial charge in [-0.3, -0.25) is 0 Å². The highest BCUT2D eigenvalue weighted by Gasteiger charge is 2.11. The predicted molar refractivity (Wildman–Crippen MR) is 68.5 cm³/mol. The monoisotopic (exact) mass is 324 g/mol. The van der Waals surface area contributed by atoms with Crippen LogP contribution in [0.25, 0.3) is 0 Å². The second-order valence-corrected chi connectivity index (χ2v) is 4.29. The van der Waals surface area contributed by atoms with E-state index in [1.54, 1.807) is 6.07 Å². The van der Waals surface area contributed by atoms with Gasteiger partial charge in [-0.15, -0.1) is 0 Å². The van der Waals surface area contributed by atoms with Crippen LogP contribution < -0.4 is 10.6 Å². The number of anilines is 2. The summed E-state index contributed by atoms with van der Waals surface area (Å²) in [6, 6.07) is 3.02. The summed E-state index contributed by atoms with van der Waals surface area (Å²) >= 11 is 1.90. The molecule has 0 heterocycles. The number of nitrogen functional groups attached to an aromatic ring is 1. The van der Waals surface area contributed by atoms with Crippen molar-refractivity contribution in [2.24, 2.45) is 0 Å². The number of hydrogen-bond donors (Lipinski definition) is 2. The van der Waals surface area contributed by atoms with E-state index in [4.69, 9.17) is 10.8 Å². The summed E-state index contributed by atoms with van der Waals surface area (Å²) in [5.74, 6) is -0.281. The van der Waals surface area contributed by atoms with E-state index in [1.807, 2.05) is 34.4 Å². The molecule has 0 aliphatic carbocycles. The molecule has 0 radical (unpaired) electrons. The molecular formula is C10H14FIN2O. The van der Waals surface area contributed by atoms with Crippen LogP contribution in [0.5, 0.6) is 0 Å². The minimum Gasteiger partial charge on any atom is -0.397 e. The Labute approximate surface area is 102 Å². The Hall–Kier alpha value is -0.560. The van der Waals surface area contributed by atoms with Gasteiger partial charge in [-0.1, -0.05) is 0 Å². The van der Waals surface area contributed by atoms with Gasteiger partial charge in [-0.2, -0.15) is 0 Å². The summed E-state index contributed by atoms with van der Waals surface area (Å²) in [5, 5.41) is 8.87. The van der Waals surface area contributed by atoms with Gasteiger partial charge in [-0.05, 0) is 35.6 Å². The van der Waals surface area contributed by atoms with Crippen molar-refractivity contribution in [2.75, 3.05) is 30.3 Å². The molecule has 3 nitrogen and oxygen atoms in total. The van der Waals surface area contributed by atoms with Crippen molar-refractivity contribution >= 4 is 34.0 Å². The molecular weight excluding hydrogens is 310 g/mol. The van der Waals surface area contributed by atoms with E-state index < -0.39 is 0 Å². The molecule has 0 aliphatic heterocycles. The third-order valence-corrected chi connectivity index (χ3v) is 2.99. The second-order valence-electron chi connectivity index (χ2n) is 3.13. The lowest BCUT2D eigenvalue weighted by atomic mass is 10.2. The number of rotatable bonds is 4. The zero-order chi connectivity index (χ0) is 11.4. The lowest BCUT2D eigenvalue weighted by Crippen LogP contribution is -2.27. The average molecular weight is 324 g/mol. The third-order valence-electron chi connectivity index (χ3n) is 2.16. The number of halogens is 2. The van der Waals surface area contributed by atoms with Crippen molar-refractivity contribution in [3.05, 3.63) is 21.5 Å².